The van der Waals surface area contributed by atoms with E-state index in [1.165, 1.54) is 18.2 Å². The third-order valence-electron chi connectivity index (χ3n) is 6.62. The van der Waals surface area contributed by atoms with Crippen LogP contribution in [0.3, 0.4) is 0 Å². The van der Waals surface area contributed by atoms with Gasteiger partial charge in [-0.3, -0.25) is 19.3 Å². The maximum atomic E-state index is 12.8. The molecule has 3 aromatic rings. The third kappa shape index (κ3) is 4.59. The molecule has 8 heteroatoms. The van der Waals surface area contributed by atoms with Crippen LogP contribution in [0.4, 0.5) is 0 Å². The molecule has 0 radical (unpaired) electrons. The summed E-state index contributed by atoms with van der Waals surface area (Å²) >= 11 is 0. The van der Waals surface area contributed by atoms with Gasteiger partial charge in [0, 0.05) is 6.61 Å². The Morgan fingerprint density at radius 2 is 1.83 bits per heavy atom. The molecule has 2 aliphatic heterocycles. The molecule has 1 N–H and O–H groups in total. The van der Waals surface area contributed by atoms with Gasteiger partial charge in [-0.1, -0.05) is 42.5 Å². The van der Waals surface area contributed by atoms with Crippen LogP contribution in [0, 0.1) is 0 Å². The van der Waals surface area contributed by atoms with Gasteiger partial charge in [0.15, 0.2) is 6.61 Å². The maximum Gasteiger partial charge on any atom is 0.338 e. The highest BCUT2D eigenvalue weighted by Gasteiger charge is 2.38. The second-order valence-corrected chi connectivity index (χ2v) is 9.05. The molecule has 3 aromatic carbocycles. The van der Waals surface area contributed by atoms with Gasteiger partial charge in [0.05, 0.1) is 35.4 Å². The summed E-state index contributed by atoms with van der Waals surface area (Å²) in [5.41, 5.74) is 1.46. The molecule has 184 valence electrons. The molecule has 0 spiro atoms. The van der Waals surface area contributed by atoms with Gasteiger partial charge in [-0.2, -0.15) is 0 Å². The second kappa shape index (κ2) is 9.91. The standard InChI is InChI=1S/C28H26N2O6/c1-17(21-10-4-7-18-6-2-3-9-22(18)21)29-25(31)16-36-28(34)19-11-12-23-24(14-19)27(33)30(26(23)32)15-20-8-5-13-35-20/h2-4,6-7,9-12,14,17,20H,5,8,13,15-16H2,1H3,(H,29,31). The van der Waals surface area contributed by atoms with Crippen LogP contribution in [0.1, 0.15) is 62.4 Å². The van der Waals surface area contributed by atoms with Crippen LogP contribution in [-0.2, 0) is 14.3 Å². The quantitative estimate of drug-likeness (QED) is 0.404. The second-order valence-electron chi connectivity index (χ2n) is 9.05. The number of hydrogen-bond acceptors (Lipinski definition) is 6. The number of nitrogens with one attached hydrogen (secondary N) is 1. The SMILES string of the molecule is CC(NC(=O)COC(=O)c1ccc2c(c1)C(=O)N(CC1CCCO1)C2=O)c1cccc2ccccc12. The lowest BCUT2D eigenvalue weighted by molar-refractivity contribution is -0.124. The van der Waals surface area contributed by atoms with Crippen LogP contribution in [0.2, 0.25) is 0 Å². The zero-order valence-electron chi connectivity index (χ0n) is 19.9. The topological polar surface area (TPSA) is 102 Å². The Balaban J connectivity index is 1.20. The molecule has 0 aromatic heterocycles. The van der Waals surface area contributed by atoms with E-state index < -0.39 is 30.3 Å². The van der Waals surface area contributed by atoms with E-state index in [1.807, 2.05) is 49.4 Å². The molecule has 5 rings (SSSR count). The Morgan fingerprint density at radius 3 is 2.64 bits per heavy atom. The third-order valence-corrected chi connectivity index (χ3v) is 6.62. The van der Waals surface area contributed by atoms with E-state index in [2.05, 4.69) is 5.32 Å². The number of benzene rings is 3. The average molecular weight is 487 g/mol. The van der Waals surface area contributed by atoms with Crippen molar-refractivity contribution in [3.8, 4) is 0 Å². The number of amides is 3. The zero-order chi connectivity index (χ0) is 25.2. The van der Waals surface area contributed by atoms with Crippen molar-refractivity contribution in [2.75, 3.05) is 19.8 Å². The number of carbonyl (C=O) groups is 4. The number of carbonyl (C=O) groups excluding carboxylic acids is 4. The number of ether oxygens (including phenoxy) is 2. The Labute approximate surface area is 208 Å². The van der Waals surface area contributed by atoms with Crippen LogP contribution in [-0.4, -0.2) is 54.5 Å². The first-order chi connectivity index (χ1) is 17.4. The van der Waals surface area contributed by atoms with E-state index in [-0.39, 0.29) is 35.4 Å². The minimum absolute atomic E-state index is 0.101. The van der Waals surface area contributed by atoms with E-state index in [0.717, 1.165) is 34.1 Å². The van der Waals surface area contributed by atoms with E-state index in [9.17, 15) is 19.2 Å². The van der Waals surface area contributed by atoms with Crippen molar-refractivity contribution in [2.24, 2.45) is 0 Å². The molecule has 2 unspecified atom stereocenters. The normalized spacial score (nSPS) is 17.8. The molecule has 0 bridgehead atoms. The number of esters is 1. The molecule has 2 aliphatic rings. The number of fused-ring (bicyclic) bond motifs is 2. The van der Waals surface area contributed by atoms with Crippen LogP contribution in [0.25, 0.3) is 10.8 Å². The number of rotatable bonds is 7. The molecule has 0 aliphatic carbocycles. The van der Waals surface area contributed by atoms with E-state index in [0.29, 0.717) is 6.61 Å². The van der Waals surface area contributed by atoms with Crippen LogP contribution in [0.15, 0.2) is 60.7 Å². The first kappa shape index (κ1) is 23.7. The number of imide groups is 1. The monoisotopic (exact) mass is 486 g/mol. The first-order valence-corrected chi connectivity index (χ1v) is 12.0. The summed E-state index contributed by atoms with van der Waals surface area (Å²) in [4.78, 5) is 51.7. The van der Waals surface area contributed by atoms with Crippen molar-refractivity contribution in [2.45, 2.75) is 31.9 Å². The summed E-state index contributed by atoms with van der Waals surface area (Å²) < 4.78 is 10.7. The van der Waals surface area contributed by atoms with Gasteiger partial charge in [0.2, 0.25) is 0 Å². The Bertz CT molecular complexity index is 1360. The van der Waals surface area contributed by atoms with E-state index >= 15 is 0 Å². The average Bonchev–Trinajstić information content (AvgIpc) is 3.49. The van der Waals surface area contributed by atoms with Crippen LogP contribution < -0.4 is 5.32 Å². The maximum absolute atomic E-state index is 12.8. The van der Waals surface area contributed by atoms with E-state index in [1.54, 1.807) is 0 Å². The zero-order valence-corrected chi connectivity index (χ0v) is 19.9. The van der Waals surface area contributed by atoms with Crippen LogP contribution in [0.5, 0.6) is 0 Å². The fourth-order valence-electron chi connectivity index (χ4n) is 4.78. The first-order valence-electron chi connectivity index (χ1n) is 12.0. The molecule has 2 heterocycles. The Hall–Kier alpha value is -4.04. The Kier molecular flexibility index (Phi) is 6.52. The van der Waals surface area contributed by atoms with Gasteiger partial charge in [0.25, 0.3) is 17.7 Å². The lowest BCUT2D eigenvalue weighted by Crippen LogP contribution is -2.36. The summed E-state index contributed by atoms with van der Waals surface area (Å²) in [5, 5.41) is 4.96. The highest BCUT2D eigenvalue weighted by Crippen LogP contribution is 2.27. The molecule has 1 saturated heterocycles. The molecular formula is C28H26N2O6. The number of nitrogens with zero attached hydrogens (tertiary/aromatic N) is 1. The van der Waals surface area contributed by atoms with Crippen molar-refractivity contribution in [3.05, 3.63) is 82.9 Å². The predicted molar refractivity (Wildman–Crippen MR) is 132 cm³/mol. The minimum atomic E-state index is -0.747. The molecule has 8 nitrogen and oxygen atoms in total. The fraction of sp³-hybridized carbons (Fsp3) is 0.286. The lowest BCUT2D eigenvalue weighted by Gasteiger charge is -2.17. The smallest absolute Gasteiger partial charge is 0.338 e. The largest absolute Gasteiger partial charge is 0.452 e. The van der Waals surface area contributed by atoms with Gasteiger partial charge in [0.1, 0.15) is 0 Å². The van der Waals surface area contributed by atoms with Crippen molar-refractivity contribution in [1.82, 2.24) is 10.2 Å². The van der Waals surface area contributed by atoms with Gasteiger partial charge in [-0.25, -0.2) is 4.79 Å². The van der Waals surface area contributed by atoms with Crippen molar-refractivity contribution >= 4 is 34.5 Å². The highest BCUT2D eigenvalue weighted by atomic mass is 16.5. The molecule has 0 saturated carbocycles. The van der Waals surface area contributed by atoms with E-state index in [4.69, 9.17) is 9.47 Å². The van der Waals surface area contributed by atoms with Gasteiger partial charge in [-0.05, 0) is 54.3 Å². The van der Waals surface area contributed by atoms with Crippen molar-refractivity contribution in [3.63, 3.8) is 0 Å². The van der Waals surface area contributed by atoms with Crippen LogP contribution >= 0.6 is 0 Å². The Morgan fingerprint density at radius 1 is 1.06 bits per heavy atom. The molecule has 36 heavy (non-hydrogen) atoms. The van der Waals surface area contributed by atoms with Gasteiger partial charge >= 0.3 is 5.97 Å². The molecule has 1 fully saturated rings. The summed E-state index contributed by atoms with van der Waals surface area (Å²) in [6, 6.07) is 17.7. The fourth-order valence-corrected chi connectivity index (χ4v) is 4.78. The molecule has 2 atom stereocenters. The molecule has 3 amide bonds. The minimum Gasteiger partial charge on any atom is -0.452 e. The highest BCUT2D eigenvalue weighted by molar-refractivity contribution is 6.22. The lowest BCUT2D eigenvalue weighted by atomic mass is 10.00. The van der Waals surface area contributed by atoms with Crippen molar-refractivity contribution in [1.29, 1.82) is 0 Å². The van der Waals surface area contributed by atoms with Crippen molar-refractivity contribution < 1.29 is 28.7 Å². The summed E-state index contributed by atoms with van der Waals surface area (Å²) in [5.74, 6) is -2.04. The summed E-state index contributed by atoms with van der Waals surface area (Å²) in [6.45, 7) is 2.22. The van der Waals surface area contributed by atoms with Gasteiger partial charge in [-0.15, -0.1) is 0 Å². The predicted octanol–water partition coefficient (Wildman–Crippen LogP) is 3.65. The summed E-state index contributed by atoms with van der Waals surface area (Å²) in [7, 11) is 0. The molecular weight excluding hydrogens is 460 g/mol. The van der Waals surface area contributed by atoms with Gasteiger partial charge < -0.3 is 14.8 Å². The number of hydrogen-bond donors (Lipinski definition) is 1. The summed E-state index contributed by atoms with van der Waals surface area (Å²) in [6.07, 6.45) is 1.54.